The predicted molar refractivity (Wildman–Crippen MR) is 96.1 cm³/mol. The molecule has 2 aromatic rings. The average Bonchev–Trinajstić information content (AvgIpc) is 2.67. The summed E-state index contributed by atoms with van der Waals surface area (Å²) >= 11 is 0. The van der Waals surface area contributed by atoms with Gasteiger partial charge in [-0.1, -0.05) is 0 Å². The van der Waals surface area contributed by atoms with Gasteiger partial charge in [-0.3, -0.25) is 14.2 Å². The Morgan fingerprint density at radius 1 is 1.04 bits per heavy atom. The summed E-state index contributed by atoms with van der Waals surface area (Å²) in [4.78, 5) is 31.0. The lowest BCUT2D eigenvalue weighted by Crippen LogP contribution is -2.38. The van der Waals surface area contributed by atoms with Crippen molar-refractivity contribution in [3.05, 3.63) is 22.7 Å². The first-order valence-corrected chi connectivity index (χ1v) is 8.56. The molecule has 0 atom stereocenters. The van der Waals surface area contributed by atoms with Crippen molar-refractivity contribution in [2.75, 3.05) is 34.4 Å². The molecule has 1 saturated heterocycles. The van der Waals surface area contributed by atoms with Crippen LogP contribution in [-0.2, 0) is 11.3 Å². The smallest absolute Gasteiger partial charge is 0.261 e. The van der Waals surface area contributed by atoms with Crippen LogP contribution in [0.25, 0.3) is 10.9 Å². The van der Waals surface area contributed by atoms with Crippen molar-refractivity contribution in [1.82, 2.24) is 14.5 Å². The maximum atomic E-state index is 12.9. The maximum absolute atomic E-state index is 12.9. The fourth-order valence-electron chi connectivity index (χ4n) is 3.25. The number of methoxy groups -OCH3 is 3. The summed E-state index contributed by atoms with van der Waals surface area (Å²) in [7, 11) is 4.50. The van der Waals surface area contributed by atoms with E-state index in [1.54, 1.807) is 11.0 Å². The molecule has 1 amide bonds. The second-order valence-corrected chi connectivity index (χ2v) is 6.12. The van der Waals surface area contributed by atoms with Crippen molar-refractivity contribution in [2.45, 2.75) is 25.8 Å². The summed E-state index contributed by atoms with van der Waals surface area (Å²) in [6.45, 7) is 1.63. The molecule has 3 rings (SSSR count). The Labute approximate surface area is 151 Å². The maximum Gasteiger partial charge on any atom is 0.261 e. The van der Waals surface area contributed by atoms with Crippen molar-refractivity contribution in [2.24, 2.45) is 0 Å². The number of carbonyl (C=O) groups is 1. The Hall–Kier alpha value is -2.77. The van der Waals surface area contributed by atoms with Gasteiger partial charge in [0.25, 0.3) is 5.56 Å². The Kier molecular flexibility index (Phi) is 5.29. The molecular formula is C18H23N3O5. The molecule has 0 radical (unpaired) electrons. The van der Waals surface area contributed by atoms with Gasteiger partial charge < -0.3 is 19.1 Å². The second-order valence-electron chi connectivity index (χ2n) is 6.12. The largest absolute Gasteiger partial charge is 0.493 e. The molecule has 1 fully saturated rings. The summed E-state index contributed by atoms with van der Waals surface area (Å²) in [6, 6.07) is 1.61. The monoisotopic (exact) mass is 361 g/mol. The van der Waals surface area contributed by atoms with Crippen molar-refractivity contribution in [3.63, 3.8) is 0 Å². The highest BCUT2D eigenvalue weighted by atomic mass is 16.5. The third-order valence-electron chi connectivity index (χ3n) is 4.65. The molecule has 140 valence electrons. The molecule has 8 nitrogen and oxygen atoms in total. The van der Waals surface area contributed by atoms with E-state index < -0.39 is 0 Å². The second kappa shape index (κ2) is 7.63. The first-order valence-electron chi connectivity index (χ1n) is 8.56. The van der Waals surface area contributed by atoms with Gasteiger partial charge in [0.2, 0.25) is 11.7 Å². The van der Waals surface area contributed by atoms with Gasteiger partial charge >= 0.3 is 0 Å². The highest BCUT2D eigenvalue weighted by Crippen LogP contribution is 2.41. The van der Waals surface area contributed by atoms with Gasteiger partial charge in [-0.15, -0.1) is 0 Å². The van der Waals surface area contributed by atoms with Gasteiger partial charge in [-0.05, 0) is 18.9 Å². The van der Waals surface area contributed by atoms with E-state index in [0.717, 1.165) is 19.4 Å². The van der Waals surface area contributed by atoms with Crippen molar-refractivity contribution >= 4 is 16.8 Å². The van der Waals surface area contributed by atoms with Crippen molar-refractivity contribution < 1.29 is 19.0 Å². The Morgan fingerprint density at radius 3 is 2.46 bits per heavy atom. The number of likely N-dealkylation sites (tertiary alicyclic amines) is 1. The topological polar surface area (TPSA) is 82.9 Å². The highest BCUT2D eigenvalue weighted by molar-refractivity contribution is 5.89. The van der Waals surface area contributed by atoms with Crippen LogP contribution in [0.2, 0.25) is 0 Å². The SMILES string of the molecule is COc1cc2c(=O)n(CCN3CCCCC3=O)cnc2c(OC)c1OC. The Balaban J connectivity index is 1.97. The number of benzene rings is 1. The summed E-state index contributed by atoms with van der Waals surface area (Å²) in [6.07, 6.45) is 4.01. The zero-order chi connectivity index (χ0) is 18.7. The van der Waals surface area contributed by atoms with E-state index in [1.165, 1.54) is 32.2 Å². The number of ether oxygens (including phenoxy) is 3. The van der Waals surface area contributed by atoms with Gasteiger partial charge in [0, 0.05) is 26.1 Å². The van der Waals surface area contributed by atoms with Gasteiger partial charge in [-0.25, -0.2) is 4.98 Å². The number of nitrogens with zero attached hydrogens (tertiary/aromatic N) is 3. The van der Waals surface area contributed by atoms with Crippen molar-refractivity contribution in [1.29, 1.82) is 0 Å². The van der Waals surface area contributed by atoms with E-state index >= 15 is 0 Å². The van der Waals surface area contributed by atoms with Gasteiger partial charge in [-0.2, -0.15) is 0 Å². The number of fused-ring (bicyclic) bond motifs is 1. The molecule has 0 N–H and O–H groups in total. The molecule has 1 aromatic carbocycles. The summed E-state index contributed by atoms with van der Waals surface area (Å²) in [5.41, 5.74) is 0.208. The molecule has 26 heavy (non-hydrogen) atoms. The van der Waals surface area contributed by atoms with Crippen LogP contribution >= 0.6 is 0 Å². The van der Waals surface area contributed by atoms with E-state index in [-0.39, 0.29) is 11.5 Å². The summed E-state index contributed by atoms with van der Waals surface area (Å²) in [5, 5.41) is 0.381. The number of piperidine rings is 1. The number of amides is 1. The number of hydrogen-bond acceptors (Lipinski definition) is 6. The molecule has 0 aliphatic carbocycles. The molecule has 8 heteroatoms. The van der Waals surface area contributed by atoms with Crippen molar-refractivity contribution in [3.8, 4) is 17.2 Å². The van der Waals surface area contributed by atoms with Gasteiger partial charge in [0.1, 0.15) is 5.52 Å². The number of rotatable bonds is 6. The first-order chi connectivity index (χ1) is 12.6. The Bertz CT molecular complexity index is 877. The molecule has 0 unspecified atom stereocenters. The quantitative estimate of drug-likeness (QED) is 0.774. The van der Waals surface area contributed by atoms with Crippen LogP contribution in [0.5, 0.6) is 17.2 Å². The molecular weight excluding hydrogens is 338 g/mol. The van der Waals surface area contributed by atoms with Crippen LogP contribution in [0.4, 0.5) is 0 Å². The molecule has 1 aliphatic heterocycles. The lowest BCUT2D eigenvalue weighted by Gasteiger charge is -2.26. The summed E-state index contributed by atoms with van der Waals surface area (Å²) in [5.74, 6) is 1.30. The molecule has 0 saturated carbocycles. The molecule has 1 aromatic heterocycles. The van der Waals surface area contributed by atoms with Gasteiger partial charge in [0.05, 0.1) is 33.0 Å². The van der Waals surface area contributed by atoms with Crippen LogP contribution in [0.1, 0.15) is 19.3 Å². The number of carbonyl (C=O) groups excluding carboxylic acids is 1. The fraction of sp³-hybridized carbons (Fsp3) is 0.500. The van der Waals surface area contributed by atoms with Crippen LogP contribution < -0.4 is 19.8 Å². The highest BCUT2D eigenvalue weighted by Gasteiger charge is 2.21. The van der Waals surface area contributed by atoms with E-state index in [1.807, 2.05) is 0 Å². The lowest BCUT2D eigenvalue weighted by molar-refractivity contribution is -0.133. The van der Waals surface area contributed by atoms with E-state index in [4.69, 9.17) is 14.2 Å². The molecule has 1 aliphatic rings. The zero-order valence-electron chi connectivity index (χ0n) is 15.3. The normalized spacial score (nSPS) is 14.6. The average molecular weight is 361 g/mol. The lowest BCUT2D eigenvalue weighted by atomic mass is 10.1. The number of hydrogen-bond donors (Lipinski definition) is 0. The van der Waals surface area contributed by atoms with Gasteiger partial charge in [0.15, 0.2) is 11.5 Å². The minimum atomic E-state index is -0.210. The van der Waals surface area contributed by atoms with E-state index in [9.17, 15) is 9.59 Å². The minimum Gasteiger partial charge on any atom is -0.493 e. The summed E-state index contributed by atoms with van der Waals surface area (Å²) < 4.78 is 17.5. The van der Waals surface area contributed by atoms with Crippen LogP contribution in [-0.4, -0.2) is 54.8 Å². The van der Waals surface area contributed by atoms with E-state index in [2.05, 4.69) is 4.98 Å². The molecule has 2 heterocycles. The third kappa shape index (κ3) is 3.18. The van der Waals surface area contributed by atoms with Crippen LogP contribution in [0, 0.1) is 0 Å². The minimum absolute atomic E-state index is 0.145. The molecule has 0 spiro atoms. The third-order valence-corrected chi connectivity index (χ3v) is 4.65. The zero-order valence-corrected chi connectivity index (χ0v) is 15.3. The molecule has 0 bridgehead atoms. The first kappa shape index (κ1) is 18.0. The predicted octanol–water partition coefficient (Wildman–Crippen LogP) is 1.43. The van der Waals surface area contributed by atoms with Crippen LogP contribution in [0.15, 0.2) is 17.2 Å². The Morgan fingerprint density at radius 2 is 1.81 bits per heavy atom. The fourth-order valence-corrected chi connectivity index (χ4v) is 3.25. The number of aromatic nitrogens is 2. The van der Waals surface area contributed by atoms with E-state index in [0.29, 0.717) is 47.7 Å². The van der Waals surface area contributed by atoms with Crippen LogP contribution in [0.3, 0.4) is 0 Å². The standard InChI is InChI=1S/C18H23N3O5/c1-24-13-10-12-15(17(26-3)16(13)25-2)19-11-21(18(12)23)9-8-20-7-5-4-6-14(20)22/h10-11H,4-9H2,1-3H3.